The molecule has 1 unspecified atom stereocenters. The molecule has 1 aromatic rings. The fraction of sp³-hybridized carbons (Fsp3) is 0.571. The first-order valence-electron chi connectivity index (χ1n) is 5.66. The van der Waals surface area contributed by atoms with Crippen molar-refractivity contribution in [2.24, 2.45) is 11.3 Å². The Hall–Kier alpha value is -0.500. The first-order valence-corrected chi connectivity index (χ1v) is 6.78. The molecule has 0 aliphatic rings. The second-order valence-electron chi connectivity index (χ2n) is 5.27. The molecular weight excluding hydrogens is 264 g/mol. The van der Waals surface area contributed by atoms with Crippen LogP contribution < -0.4 is 4.74 Å². The summed E-state index contributed by atoms with van der Waals surface area (Å²) in [6.07, 6.45) is 1.09. The molecule has 1 rings (SSSR count). The highest BCUT2D eigenvalue weighted by molar-refractivity contribution is 9.09. The molecule has 0 bridgehead atoms. The fourth-order valence-electron chi connectivity index (χ4n) is 1.68. The van der Waals surface area contributed by atoms with Crippen molar-refractivity contribution in [3.8, 4) is 5.75 Å². The third kappa shape index (κ3) is 3.82. The van der Waals surface area contributed by atoms with E-state index in [1.165, 1.54) is 5.56 Å². The number of rotatable bonds is 4. The van der Waals surface area contributed by atoms with Crippen LogP contribution in [0, 0.1) is 11.3 Å². The van der Waals surface area contributed by atoms with Gasteiger partial charge in [-0.15, -0.1) is 0 Å². The van der Waals surface area contributed by atoms with Gasteiger partial charge in [-0.2, -0.15) is 0 Å². The van der Waals surface area contributed by atoms with E-state index in [4.69, 9.17) is 4.74 Å². The Morgan fingerprint density at radius 2 is 2.00 bits per heavy atom. The topological polar surface area (TPSA) is 9.23 Å². The zero-order valence-electron chi connectivity index (χ0n) is 10.6. The van der Waals surface area contributed by atoms with E-state index >= 15 is 0 Å². The zero-order chi connectivity index (χ0) is 12.2. The molecule has 0 saturated carbocycles. The van der Waals surface area contributed by atoms with Gasteiger partial charge in [0.1, 0.15) is 5.75 Å². The van der Waals surface area contributed by atoms with Crippen molar-refractivity contribution in [2.75, 3.05) is 12.4 Å². The predicted molar refractivity (Wildman–Crippen MR) is 73.4 cm³/mol. The van der Waals surface area contributed by atoms with Gasteiger partial charge in [0.25, 0.3) is 0 Å². The number of hydrogen-bond donors (Lipinski definition) is 0. The average Bonchev–Trinajstić information content (AvgIpc) is 2.24. The van der Waals surface area contributed by atoms with E-state index in [0.29, 0.717) is 11.3 Å². The number of ether oxygens (including phenoxy) is 1. The van der Waals surface area contributed by atoms with E-state index in [1.54, 1.807) is 7.11 Å². The Bertz CT molecular complexity index is 328. The molecule has 2 heteroatoms. The monoisotopic (exact) mass is 284 g/mol. The van der Waals surface area contributed by atoms with Gasteiger partial charge in [0.15, 0.2) is 0 Å². The Morgan fingerprint density at radius 3 is 2.50 bits per heavy atom. The van der Waals surface area contributed by atoms with Crippen LogP contribution in [0.3, 0.4) is 0 Å². The minimum absolute atomic E-state index is 0.326. The molecule has 16 heavy (non-hydrogen) atoms. The lowest BCUT2D eigenvalue weighted by Gasteiger charge is -2.29. The number of hydrogen-bond acceptors (Lipinski definition) is 1. The van der Waals surface area contributed by atoms with Crippen LogP contribution in [0.15, 0.2) is 24.3 Å². The highest BCUT2D eigenvalue weighted by Crippen LogP contribution is 2.31. The van der Waals surface area contributed by atoms with Crippen molar-refractivity contribution in [1.29, 1.82) is 0 Å². The molecule has 0 aliphatic carbocycles. The first-order chi connectivity index (χ1) is 7.47. The van der Waals surface area contributed by atoms with Gasteiger partial charge in [-0.05, 0) is 35.4 Å². The largest absolute Gasteiger partial charge is 0.497 e. The van der Waals surface area contributed by atoms with Crippen LogP contribution in [-0.4, -0.2) is 12.4 Å². The van der Waals surface area contributed by atoms with E-state index in [9.17, 15) is 0 Å². The van der Waals surface area contributed by atoms with E-state index in [0.717, 1.165) is 17.5 Å². The van der Waals surface area contributed by atoms with Crippen LogP contribution in [0.1, 0.15) is 26.3 Å². The highest BCUT2D eigenvalue weighted by atomic mass is 79.9. The summed E-state index contributed by atoms with van der Waals surface area (Å²) in [5.41, 5.74) is 1.67. The van der Waals surface area contributed by atoms with Gasteiger partial charge < -0.3 is 4.74 Å². The lowest BCUT2D eigenvalue weighted by atomic mass is 9.78. The van der Waals surface area contributed by atoms with Crippen LogP contribution >= 0.6 is 15.9 Å². The Kier molecular flexibility index (Phi) is 4.85. The molecule has 0 radical (unpaired) electrons. The third-order valence-corrected chi connectivity index (χ3v) is 3.81. The van der Waals surface area contributed by atoms with Crippen LogP contribution in [0.2, 0.25) is 0 Å². The Morgan fingerprint density at radius 1 is 1.31 bits per heavy atom. The van der Waals surface area contributed by atoms with E-state index in [-0.39, 0.29) is 0 Å². The molecule has 0 N–H and O–H groups in total. The molecule has 1 aromatic carbocycles. The molecule has 0 spiro atoms. The summed E-state index contributed by atoms with van der Waals surface area (Å²) in [6.45, 7) is 6.87. The summed E-state index contributed by atoms with van der Waals surface area (Å²) in [5.74, 6) is 1.58. The maximum Gasteiger partial charge on any atom is 0.119 e. The lowest BCUT2D eigenvalue weighted by molar-refractivity contribution is 0.266. The summed E-state index contributed by atoms with van der Waals surface area (Å²) in [7, 11) is 1.71. The first kappa shape index (κ1) is 13.6. The number of benzene rings is 1. The van der Waals surface area contributed by atoms with Crippen LogP contribution in [-0.2, 0) is 6.42 Å². The summed E-state index contributed by atoms with van der Waals surface area (Å²) in [6, 6.07) is 8.34. The van der Waals surface area contributed by atoms with Gasteiger partial charge in [0, 0.05) is 5.33 Å². The van der Waals surface area contributed by atoms with Crippen molar-refractivity contribution in [3.05, 3.63) is 29.8 Å². The average molecular weight is 285 g/mol. The van der Waals surface area contributed by atoms with Gasteiger partial charge in [-0.3, -0.25) is 0 Å². The Balaban J connectivity index is 2.78. The molecule has 0 amide bonds. The minimum atomic E-state index is 0.326. The molecule has 90 valence electrons. The molecule has 0 saturated heterocycles. The van der Waals surface area contributed by atoms with Crippen molar-refractivity contribution < 1.29 is 4.74 Å². The summed E-state index contributed by atoms with van der Waals surface area (Å²) in [4.78, 5) is 0. The Labute approximate surface area is 107 Å². The van der Waals surface area contributed by atoms with Crippen LogP contribution in [0.4, 0.5) is 0 Å². The van der Waals surface area contributed by atoms with Crippen LogP contribution in [0.25, 0.3) is 0 Å². The molecule has 0 fully saturated rings. The van der Waals surface area contributed by atoms with Gasteiger partial charge in [-0.1, -0.05) is 48.8 Å². The van der Waals surface area contributed by atoms with Gasteiger partial charge in [0.2, 0.25) is 0 Å². The maximum atomic E-state index is 5.24. The highest BCUT2D eigenvalue weighted by Gasteiger charge is 2.23. The normalized spacial score (nSPS) is 13.6. The summed E-state index contributed by atoms with van der Waals surface area (Å²) in [5, 5.41) is 1.04. The number of methoxy groups -OCH3 is 1. The standard InChI is InChI=1S/C14H21BrO/c1-14(2,3)12(10-15)8-11-6-5-7-13(9-11)16-4/h5-7,9,12H,8,10H2,1-4H3. The molecular formula is C14H21BrO. The smallest absolute Gasteiger partial charge is 0.119 e. The fourth-order valence-corrected chi connectivity index (χ4v) is 2.88. The second kappa shape index (κ2) is 5.72. The third-order valence-electron chi connectivity index (χ3n) is 3.03. The lowest BCUT2D eigenvalue weighted by Crippen LogP contribution is -2.23. The summed E-state index contributed by atoms with van der Waals surface area (Å²) >= 11 is 3.61. The van der Waals surface area contributed by atoms with Crippen molar-refractivity contribution in [2.45, 2.75) is 27.2 Å². The number of halogens is 1. The van der Waals surface area contributed by atoms with Crippen LogP contribution in [0.5, 0.6) is 5.75 Å². The molecule has 0 aliphatic heterocycles. The molecule has 1 atom stereocenters. The maximum absolute atomic E-state index is 5.24. The van der Waals surface area contributed by atoms with E-state index in [1.807, 2.05) is 6.07 Å². The molecule has 0 aromatic heterocycles. The summed E-state index contributed by atoms with van der Waals surface area (Å²) < 4.78 is 5.24. The molecule has 1 nitrogen and oxygen atoms in total. The predicted octanol–water partition coefficient (Wildman–Crippen LogP) is 4.29. The van der Waals surface area contributed by atoms with Crippen molar-refractivity contribution in [1.82, 2.24) is 0 Å². The van der Waals surface area contributed by atoms with E-state index in [2.05, 4.69) is 54.9 Å². The van der Waals surface area contributed by atoms with Gasteiger partial charge in [0.05, 0.1) is 7.11 Å². The quantitative estimate of drug-likeness (QED) is 0.750. The van der Waals surface area contributed by atoms with Gasteiger partial charge >= 0.3 is 0 Å². The van der Waals surface area contributed by atoms with Crippen molar-refractivity contribution in [3.63, 3.8) is 0 Å². The minimum Gasteiger partial charge on any atom is -0.497 e. The number of alkyl halides is 1. The second-order valence-corrected chi connectivity index (χ2v) is 5.92. The van der Waals surface area contributed by atoms with E-state index < -0.39 is 0 Å². The molecule has 0 heterocycles. The van der Waals surface area contributed by atoms with Crippen molar-refractivity contribution >= 4 is 15.9 Å². The zero-order valence-corrected chi connectivity index (χ0v) is 12.2. The SMILES string of the molecule is COc1cccc(CC(CBr)C(C)(C)C)c1. The van der Waals surface area contributed by atoms with Gasteiger partial charge in [-0.25, -0.2) is 0 Å².